The third-order valence-corrected chi connectivity index (χ3v) is 3.94. The molecule has 0 fully saturated rings. The van der Waals surface area contributed by atoms with Gasteiger partial charge in [-0.2, -0.15) is 0 Å². The van der Waals surface area contributed by atoms with E-state index in [0.29, 0.717) is 0 Å². The maximum Gasteiger partial charge on any atom is 0.0835 e. The molecule has 0 aliphatic rings. The van der Waals surface area contributed by atoms with E-state index in [1.54, 1.807) is 0 Å². The van der Waals surface area contributed by atoms with Gasteiger partial charge in [0, 0.05) is 33.2 Å². The average Bonchev–Trinajstić information content (AvgIpc) is 2.35. The van der Waals surface area contributed by atoms with Crippen LogP contribution in [-0.2, 0) is 0 Å². The Balaban J connectivity index is 2.97. The first kappa shape index (κ1) is 14.5. The molecule has 1 rings (SSSR count). The molecule has 1 N–H and O–H groups in total. The quantitative estimate of drug-likeness (QED) is 0.766. The number of hydrogen-bond acceptors (Lipinski definition) is 5. The van der Waals surface area contributed by atoms with Gasteiger partial charge in [0.1, 0.15) is 0 Å². The maximum absolute atomic E-state index is 5.36. The summed E-state index contributed by atoms with van der Waals surface area (Å²) in [5, 5.41) is 3.15. The summed E-state index contributed by atoms with van der Waals surface area (Å²) in [7, 11) is 4.03. The average molecular weight is 271 g/mol. The van der Waals surface area contributed by atoms with Gasteiger partial charge in [0.05, 0.1) is 20.4 Å². The summed E-state index contributed by atoms with van der Waals surface area (Å²) >= 11 is 10.7. The summed E-state index contributed by atoms with van der Waals surface area (Å²) in [6.45, 7) is 8.12. The van der Waals surface area contributed by atoms with Crippen LogP contribution in [0.5, 0.6) is 0 Å². The van der Waals surface area contributed by atoms with Crippen molar-refractivity contribution in [2.24, 2.45) is 0 Å². The van der Waals surface area contributed by atoms with Gasteiger partial charge in [-0.3, -0.25) is 0 Å². The van der Waals surface area contributed by atoms with Gasteiger partial charge < -0.3 is 15.1 Å². The fourth-order valence-electron chi connectivity index (χ4n) is 1.95. The van der Waals surface area contributed by atoms with Crippen LogP contribution in [0.15, 0.2) is 0 Å². The first-order valence-corrected chi connectivity index (χ1v) is 6.84. The van der Waals surface area contributed by atoms with E-state index in [-0.39, 0.29) is 0 Å². The van der Waals surface area contributed by atoms with Gasteiger partial charge in [-0.25, -0.2) is 0 Å². The van der Waals surface area contributed by atoms with Crippen molar-refractivity contribution < 1.29 is 0 Å². The van der Waals surface area contributed by atoms with Crippen molar-refractivity contribution in [3.8, 4) is 0 Å². The highest BCUT2D eigenvalue weighted by atomic mass is 32.1. The van der Waals surface area contributed by atoms with Crippen molar-refractivity contribution >= 4 is 35.8 Å². The predicted molar refractivity (Wildman–Crippen MR) is 81.2 cm³/mol. The predicted octanol–water partition coefficient (Wildman–Crippen LogP) is 2.52. The molecule has 96 valence electrons. The van der Waals surface area contributed by atoms with Crippen LogP contribution in [0.2, 0.25) is 0 Å². The van der Waals surface area contributed by atoms with Gasteiger partial charge >= 0.3 is 0 Å². The topological polar surface area (TPSA) is 18.5 Å². The van der Waals surface area contributed by atoms with E-state index in [9.17, 15) is 0 Å². The minimum Gasteiger partial charge on any atom is -0.370 e. The lowest BCUT2D eigenvalue weighted by Gasteiger charge is -2.32. The Hall–Kier alpha value is -0.520. The maximum atomic E-state index is 5.36. The molecule has 0 spiro atoms. The zero-order valence-corrected chi connectivity index (χ0v) is 12.7. The summed E-state index contributed by atoms with van der Waals surface area (Å²) in [6.07, 6.45) is 0. The standard InChI is InChI=1S/C12H21N3S2/c1-5-15(6-2)10-9(11(16)12(10)17)14(4)8-7-13-3/h13H,5-8H2,1-4H3. The first-order chi connectivity index (χ1) is 8.08. The first-order valence-electron chi connectivity index (χ1n) is 6.02. The summed E-state index contributed by atoms with van der Waals surface area (Å²) in [6, 6.07) is 0. The van der Waals surface area contributed by atoms with Gasteiger partial charge in [-0.15, -0.1) is 0 Å². The fourth-order valence-corrected chi connectivity index (χ4v) is 2.62. The Bertz CT molecular complexity index is 431. The molecule has 0 aliphatic carbocycles. The third kappa shape index (κ3) is 2.84. The van der Waals surface area contributed by atoms with Crippen LogP contribution in [-0.4, -0.2) is 40.3 Å². The van der Waals surface area contributed by atoms with Crippen molar-refractivity contribution in [1.82, 2.24) is 5.32 Å². The molecule has 1 aromatic rings. The zero-order chi connectivity index (χ0) is 13.0. The molecule has 3 nitrogen and oxygen atoms in total. The van der Waals surface area contributed by atoms with Crippen molar-refractivity contribution in [3.05, 3.63) is 9.02 Å². The number of anilines is 2. The van der Waals surface area contributed by atoms with E-state index >= 15 is 0 Å². The molecule has 0 radical (unpaired) electrons. The summed E-state index contributed by atoms with van der Waals surface area (Å²) in [5.41, 5.74) is 2.30. The fraction of sp³-hybridized carbons (Fsp3) is 0.667. The van der Waals surface area contributed by atoms with Crippen molar-refractivity contribution in [3.63, 3.8) is 0 Å². The van der Waals surface area contributed by atoms with E-state index in [4.69, 9.17) is 24.4 Å². The summed E-state index contributed by atoms with van der Waals surface area (Å²) < 4.78 is 1.70. The molecule has 0 aliphatic heterocycles. The van der Waals surface area contributed by atoms with Crippen LogP contribution in [0.3, 0.4) is 0 Å². The van der Waals surface area contributed by atoms with Crippen LogP contribution in [0, 0.1) is 9.02 Å². The van der Waals surface area contributed by atoms with E-state index in [0.717, 1.165) is 46.6 Å². The Kier molecular flexibility index (Phi) is 5.49. The molecule has 0 saturated heterocycles. The zero-order valence-electron chi connectivity index (χ0n) is 11.0. The molecule has 0 amide bonds. The Morgan fingerprint density at radius 2 is 1.59 bits per heavy atom. The van der Waals surface area contributed by atoms with Crippen LogP contribution in [0.4, 0.5) is 11.4 Å². The highest BCUT2D eigenvalue weighted by Gasteiger charge is 2.21. The van der Waals surface area contributed by atoms with Crippen LogP contribution < -0.4 is 15.1 Å². The smallest absolute Gasteiger partial charge is 0.0835 e. The SMILES string of the molecule is CCN(CC)c1c(N(C)CCNC)c(=S)c1=S. The largest absolute Gasteiger partial charge is 0.370 e. The minimum atomic E-state index is 0.848. The number of nitrogens with one attached hydrogen (secondary N) is 1. The Morgan fingerprint density at radius 3 is 2.06 bits per heavy atom. The number of nitrogens with zero attached hydrogens (tertiary/aromatic N) is 2. The van der Waals surface area contributed by atoms with E-state index in [1.807, 2.05) is 7.05 Å². The molecule has 17 heavy (non-hydrogen) atoms. The molecule has 5 heteroatoms. The van der Waals surface area contributed by atoms with Crippen molar-refractivity contribution in [1.29, 1.82) is 0 Å². The van der Waals surface area contributed by atoms with Crippen LogP contribution in [0.1, 0.15) is 13.8 Å². The molecule has 0 heterocycles. The van der Waals surface area contributed by atoms with E-state index in [2.05, 4.69) is 36.0 Å². The molecule has 0 saturated carbocycles. The number of hydrogen-bond donors (Lipinski definition) is 1. The molecule has 0 atom stereocenters. The molecular weight excluding hydrogens is 250 g/mol. The minimum absolute atomic E-state index is 0.848. The van der Waals surface area contributed by atoms with Gasteiger partial charge in [0.15, 0.2) is 0 Å². The Labute approximate surface area is 114 Å². The van der Waals surface area contributed by atoms with Gasteiger partial charge in [0.25, 0.3) is 0 Å². The number of likely N-dealkylation sites (N-methyl/N-ethyl adjacent to an activating group) is 2. The monoisotopic (exact) mass is 271 g/mol. The molecular formula is C12H21N3S2. The third-order valence-electron chi connectivity index (χ3n) is 3.02. The lowest BCUT2D eigenvalue weighted by molar-refractivity contribution is 0.761. The second-order valence-electron chi connectivity index (χ2n) is 4.05. The van der Waals surface area contributed by atoms with Crippen LogP contribution >= 0.6 is 24.4 Å². The van der Waals surface area contributed by atoms with Crippen LogP contribution in [0.25, 0.3) is 0 Å². The summed E-state index contributed by atoms with van der Waals surface area (Å²) in [5.74, 6) is 0. The van der Waals surface area contributed by atoms with E-state index < -0.39 is 0 Å². The highest BCUT2D eigenvalue weighted by molar-refractivity contribution is 7.74. The van der Waals surface area contributed by atoms with Gasteiger partial charge in [-0.1, -0.05) is 24.4 Å². The Morgan fingerprint density at radius 1 is 1.06 bits per heavy atom. The lowest BCUT2D eigenvalue weighted by Crippen LogP contribution is -2.32. The molecule has 1 aromatic carbocycles. The molecule has 0 bridgehead atoms. The molecule has 0 unspecified atom stereocenters. The second-order valence-corrected chi connectivity index (χ2v) is 4.87. The van der Waals surface area contributed by atoms with Gasteiger partial charge in [-0.05, 0) is 20.9 Å². The highest BCUT2D eigenvalue weighted by Crippen LogP contribution is 2.37. The van der Waals surface area contributed by atoms with E-state index in [1.165, 1.54) is 0 Å². The number of rotatable bonds is 7. The van der Waals surface area contributed by atoms with Crippen molar-refractivity contribution in [2.75, 3.05) is 50.1 Å². The normalized spacial score (nSPS) is 10.8. The van der Waals surface area contributed by atoms with Crippen molar-refractivity contribution in [2.45, 2.75) is 13.8 Å². The second kappa shape index (κ2) is 6.42. The van der Waals surface area contributed by atoms with Gasteiger partial charge in [0.2, 0.25) is 0 Å². The summed E-state index contributed by atoms with van der Waals surface area (Å²) in [4.78, 5) is 4.48. The lowest BCUT2D eigenvalue weighted by atomic mass is 10.1. The molecule has 0 aromatic heterocycles.